The number of hydrogen-bond donors (Lipinski definition) is 0. The number of rotatable bonds is 4. The molecule has 0 aliphatic heterocycles. The molecule has 0 radical (unpaired) electrons. The highest BCUT2D eigenvalue weighted by molar-refractivity contribution is 5.76. The van der Waals surface area contributed by atoms with Gasteiger partial charge in [0.05, 0.1) is 6.54 Å². The van der Waals surface area contributed by atoms with Crippen LogP contribution in [0.5, 0.6) is 0 Å². The largest absolute Gasteiger partial charge is 0.361 e. The molecular weight excluding hydrogens is 240 g/mol. The van der Waals surface area contributed by atoms with Crippen LogP contribution in [0.4, 0.5) is 0 Å². The Morgan fingerprint density at radius 3 is 2.89 bits per heavy atom. The normalized spacial score (nSPS) is 28.8. The molecule has 0 spiro atoms. The summed E-state index contributed by atoms with van der Waals surface area (Å²) in [7, 11) is 1.86. The monoisotopic (exact) mass is 262 g/mol. The lowest BCUT2D eigenvalue weighted by molar-refractivity contribution is -0.131. The topological polar surface area (TPSA) is 46.3 Å². The van der Waals surface area contributed by atoms with Crippen LogP contribution >= 0.6 is 0 Å². The third-order valence-corrected chi connectivity index (χ3v) is 4.82. The summed E-state index contributed by atoms with van der Waals surface area (Å²) < 4.78 is 5.03. The minimum atomic E-state index is 0.248. The van der Waals surface area contributed by atoms with Gasteiger partial charge in [0.1, 0.15) is 11.5 Å². The average Bonchev–Trinajstić information content (AvgIpc) is 3.06. The summed E-state index contributed by atoms with van der Waals surface area (Å²) in [6.07, 6.45) is 6.09. The number of carbonyl (C=O) groups is 1. The zero-order valence-corrected chi connectivity index (χ0v) is 11.8. The quantitative estimate of drug-likeness (QED) is 0.838. The van der Waals surface area contributed by atoms with Gasteiger partial charge in [-0.2, -0.15) is 0 Å². The zero-order chi connectivity index (χ0) is 13.4. The van der Waals surface area contributed by atoms with Crippen LogP contribution in [0.15, 0.2) is 10.6 Å². The van der Waals surface area contributed by atoms with Crippen molar-refractivity contribution < 1.29 is 9.32 Å². The molecule has 4 heteroatoms. The first kappa shape index (κ1) is 12.7. The summed E-state index contributed by atoms with van der Waals surface area (Å²) in [5.41, 5.74) is 0.835. The summed E-state index contributed by atoms with van der Waals surface area (Å²) in [5.74, 6) is 3.40. The van der Waals surface area contributed by atoms with Crippen molar-refractivity contribution in [2.24, 2.45) is 17.8 Å². The highest BCUT2D eigenvalue weighted by Gasteiger charge is 2.40. The lowest BCUT2D eigenvalue weighted by Crippen LogP contribution is -2.29. The van der Waals surface area contributed by atoms with E-state index in [9.17, 15) is 4.79 Å². The minimum absolute atomic E-state index is 0.248. The van der Waals surface area contributed by atoms with E-state index in [1.54, 1.807) is 4.90 Å². The fraction of sp³-hybridized carbons (Fsp3) is 0.733. The van der Waals surface area contributed by atoms with Crippen molar-refractivity contribution in [3.8, 4) is 0 Å². The highest BCUT2D eigenvalue weighted by atomic mass is 16.5. The molecule has 1 amide bonds. The first-order chi connectivity index (χ1) is 9.11. The van der Waals surface area contributed by atoms with Crippen molar-refractivity contribution in [2.45, 2.75) is 45.6 Å². The number of fused-ring (bicyclic) bond motifs is 2. The number of nitrogens with zero attached hydrogens (tertiary/aromatic N) is 2. The Balaban J connectivity index is 1.52. The maximum atomic E-state index is 12.3. The van der Waals surface area contributed by atoms with Gasteiger partial charge < -0.3 is 9.42 Å². The first-order valence-corrected chi connectivity index (χ1v) is 7.28. The van der Waals surface area contributed by atoms with Gasteiger partial charge in [-0.25, -0.2) is 0 Å². The number of amides is 1. The molecule has 2 aliphatic carbocycles. The van der Waals surface area contributed by atoms with Crippen molar-refractivity contribution in [2.75, 3.05) is 7.05 Å². The Hall–Kier alpha value is -1.32. The third kappa shape index (κ3) is 2.67. The van der Waals surface area contributed by atoms with Gasteiger partial charge in [0.2, 0.25) is 5.91 Å². The van der Waals surface area contributed by atoms with E-state index in [0.717, 1.165) is 23.3 Å². The Morgan fingerprint density at radius 1 is 1.47 bits per heavy atom. The van der Waals surface area contributed by atoms with Gasteiger partial charge in [-0.05, 0) is 43.9 Å². The van der Waals surface area contributed by atoms with Gasteiger partial charge in [-0.1, -0.05) is 11.6 Å². The molecule has 104 valence electrons. The number of aryl methyl sites for hydroxylation is 1. The van der Waals surface area contributed by atoms with Crippen LogP contribution < -0.4 is 0 Å². The van der Waals surface area contributed by atoms with Crippen molar-refractivity contribution >= 4 is 5.91 Å². The van der Waals surface area contributed by atoms with E-state index in [0.29, 0.717) is 18.9 Å². The molecule has 1 heterocycles. The lowest BCUT2D eigenvalue weighted by atomic mass is 9.86. The van der Waals surface area contributed by atoms with Crippen molar-refractivity contribution in [3.63, 3.8) is 0 Å². The fourth-order valence-electron chi connectivity index (χ4n) is 3.83. The molecule has 2 aliphatic rings. The van der Waals surface area contributed by atoms with Crippen LogP contribution in [0.1, 0.15) is 43.6 Å². The Labute approximate surface area is 114 Å². The molecule has 1 aromatic heterocycles. The summed E-state index contributed by atoms with van der Waals surface area (Å²) in [6.45, 7) is 2.42. The predicted molar refractivity (Wildman–Crippen MR) is 71.3 cm³/mol. The van der Waals surface area contributed by atoms with E-state index in [4.69, 9.17) is 4.52 Å². The third-order valence-electron chi connectivity index (χ3n) is 4.82. The molecule has 2 bridgehead atoms. The lowest BCUT2D eigenvalue weighted by Gasteiger charge is -2.24. The highest BCUT2D eigenvalue weighted by Crippen LogP contribution is 2.49. The molecule has 3 atom stereocenters. The first-order valence-electron chi connectivity index (χ1n) is 7.28. The Kier molecular flexibility index (Phi) is 3.33. The maximum Gasteiger partial charge on any atom is 0.222 e. The van der Waals surface area contributed by atoms with E-state index in [1.807, 2.05) is 20.0 Å². The van der Waals surface area contributed by atoms with E-state index in [1.165, 1.54) is 25.7 Å². The predicted octanol–water partition coefficient (Wildman–Crippen LogP) is 2.77. The molecular formula is C15H22N2O2. The number of carbonyl (C=O) groups excluding carboxylic acids is 1. The van der Waals surface area contributed by atoms with Crippen LogP contribution in [-0.4, -0.2) is 23.0 Å². The van der Waals surface area contributed by atoms with Crippen LogP contribution in [0.25, 0.3) is 0 Å². The second kappa shape index (κ2) is 4.99. The van der Waals surface area contributed by atoms with E-state index in [2.05, 4.69) is 5.16 Å². The van der Waals surface area contributed by atoms with E-state index in [-0.39, 0.29) is 5.91 Å². The van der Waals surface area contributed by atoms with Gasteiger partial charge in [0, 0.05) is 19.5 Å². The van der Waals surface area contributed by atoms with Gasteiger partial charge in [0.25, 0.3) is 0 Å². The standard InChI is InChI=1S/C15H22N2O2/c1-10-5-14(16-19-10)9-17(2)15(18)8-13-7-11-3-4-12(13)6-11/h5,11-13H,3-4,6-9H2,1-2H3/t11-,12-,13-/m0/s1. The second-order valence-corrected chi connectivity index (χ2v) is 6.32. The smallest absolute Gasteiger partial charge is 0.222 e. The van der Waals surface area contributed by atoms with E-state index >= 15 is 0 Å². The SMILES string of the molecule is Cc1cc(CN(C)C(=O)C[C@@H]2C[C@H]3CC[C@H]2C3)no1. The van der Waals surface area contributed by atoms with Crippen LogP contribution in [0, 0.1) is 24.7 Å². The van der Waals surface area contributed by atoms with Crippen LogP contribution in [0.2, 0.25) is 0 Å². The Morgan fingerprint density at radius 2 is 2.32 bits per heavy atom. The molecule has 19 heavy (non-hydrogen) atoms. The van der Waals surface area contributed by atoms with Crippen molar-refractivity contribution in [1.29, 1.82) is 0 Å². The molecule has 0 unspecified atom stereocenters. The van der Waals surface area contributed by atoms with Crippen molar-refractivity contribution in [1.82, 2.24) is 10.1 Å². The van der Waals surface area contributed by atoms with Gasteiger partial charge in [-0.3, -0.25) is 4.79 Å². The zero-order valence-electron chi connectivity index (χ0n) is 11.8. The number of hydrogen-bond acceptors (Lipinski definition) is 3. The second-order valence-electron chi connectivity index (χ2n) is 6.32. The van der Waals surface area contributed by atoms with Crippen molar-refractivity contribution in [3.05, 3.63) is 17.5 Å². The molecule has 0 aromatic carbocycles. The minimum Gasteiger partial charge on any atom is -0.361 e. The fourth-order valence-corrected chi connectivity index (χ4v) is 3.83. The van der Waals surface area contributed by atoms with Crippen LogP contribution in [-0.2, 0) is 11.3 Å². The Bertz CT molecular complexity index is 468. The molecule has 2 fully saturated rings. The molecule has 0 saturated heterocycles. The molecule has 3 rings (SSSR count). The maximum absolute atomic E-state index is 12.3. The summed E-state index contributed by atoms with van der Waals surface area (Å²) in [4.78, 5) is 14.0. The van der Waals surface area contributed by atoms with Gasteiger partial charge in [0.15, 0.2) is 0 Å². The molecule has 2 saturated carbocycles. The van der Waals surface area contributed by atoms with E-state index < -0.39 is 0 Å². The average molecular weight is 262 g/mol. The molecule has 4 nitrogen and oxygen atoms in total. The van der Waals surface area contributed by atoms with Crippen LogP contribution in [0.3, 0.4) is 0 Å². The van der Waals surface area contributed by atoms with Gasteiger partial charge >= 0.3 is 0 Å². The summed E-state index contributed by atoms with van der Waals surface area (Å²) in [6, 6.07) is 1.89. The number of aromatic nitrogens is 1. The summed E-state index contributed by atoms with van der Waals surface area (Å²) in [5, 5.41) is 3.94. The summed E-state index contributed by atoms with van der Waals surface area (Å²) >= 11 is 0. The molecule has 1 aromatic rings. The molecule has 0 N–H and O–H groups in total. The van der Waals surface area contributed by atoms with Gasteiger partial charge in [-0.15, -0.1) is 0 Å².